The number of nitrogens with zero attached hydrogens (tertiary/aromatic N) is 3. The normalized spacial score (nSPS) is 15.0. The lowest BCUT2D eigenvalue weighted by Gasteiger charge is -2.08. The Labute approximate surface area is 109 Å². The molecule has 1 saturated carbocycles. The minimum absolute atomic E-state index is 0.197. The summed E-state index contributed by atoms with van der Waals surface area (Å²) in [7, 11) is 0. The van der Waals surface area contributed by atoms with Crippen molar-refractivity contribution in [2.75, 3.05) is 0 Å². The molecule has 0 atom stereocenters. The van der Waals surface area contributed by atoms with Gasteiger partial charge in [-0.2, -0.15) is 0 Å². The number of benzene rings is 2. The van der Waals surface area contributed by atoms with E-state index in [2.05, 4.69) is 14.8 Å². The number of rotatable bonds is 2. The highest BCUT2D eigenvalue weighted by Crippen LogP contribution is 2.39. The first-order valence-corrected chi connectivity index (χ1v) is 6.42. The molecule has 1 aliphatic carbocycles. The Balaban J connectivity index is 2.00. The molecule has 1 aromatic heterocycles. The first-order valence-electron chi connectivity index (χ1n) is 6.42. The first kappa shape index (κ1) is 10.7. The molecule has 0 saturated heterocycles. The minimum Gasteiger partial charge on any atom is -0.310 e. The standard InChI is InChI=1S/C15H12FN3/c16-14-8-7-13(11-3-1-2-4-12(11)14)15-18-17-9-19(15)10-5-6-10/h1-4,7-10H,5-6H2. The molecular formula is C15H12FN3. The lowest BCUT2D eigenvalue weighted by atomic mass is 10.0. The van der Waals surface area contributed by atoms with Crippen LogP contribution in [0.1, 0.15) is 18.9 Å². The van der Waals surface area contributed by atoms with Crippen LogP contribution in [0.15, 0.2) is 42.7 Å². The van der Waals surface area contributed by atoms with E-state index in [0.29, 0.717) is 11.4 Å². The van der Waals surface area contributed by atoms with Crippen LogP contribution in [-0.2, 0) is 0 Å². The maximum atomic E-state index is 13.8. The molecule has 1 fully saturated rings. The van der Waals surface area contributed by atoms with E-state index >= 15 is 0 Å². The van der Waals surface area contributed by atoms with Crippen molar-refractivity contribution >= 4 is 10.8 Å². The van der Waals surface area contributed by atoms with Crippen molar-refractivity contribution < 1.29 is 4.39 Å². The van der Waals surface area contributed by atoms with Gasteiger partial charge in [-0.1, -0.05) is 24.3 Å². The summed E-state index contributed by atoms with van der Waals surface area (Å²) in [6, 6.07) is 11.3. The summed E-state index contributed by atoms with van der Waals surface area (Å²) in [5, 5.41) is 9.74. The molecule has 1 heterocycles. The molecule has 1 aliphatic rings. The second-order valence-corrected chi connectivity index (χ2v) is 4.93. The second kappa shape index (κ2) is 3.88. The summed E-state index contributed by atoms with van der Waals surface area (Å²) in [4.78, 5) is 0. The second-order valence-electron chi connectivity index (χ2n) is 4.93. The molecule has 19 heavy (non-hydrogen) atoms. The van der Waals surface area contributed by atoms with Gasteiger partial charge in [0.15, 0.2) is 5.82 Å². The maximum Gasteiger partial charge on any atom is 0.164 e. The summed E-state index contributed by atoms with van der Waals surface area (Å²) in [6.45, 7) is 0. The zero-order valence-electron chi connectivity index (χ0n) is 10.3. The molecule has 0 aliphatic heterocycles. The average Bonchev–Trinajstić information content (AvgIpc) is 3.18. The zero-order chi connectivity index (χ0) is 12.8. The topological polar surface area (TPSA) is 30.7 Å². The van der Waals surface area contributed by atoms with E-state index in [1.807, 2.05) is 18.2 Å². The van der Waals surface area contributed by atoms with Crippen molar-refractivity contribution in [3.05, 3.63) is 48.5 Å². The summed E-state index contributed by atoms with van der Waals surface area (Å²) >= 11 is 0. The van der Waals surface area contributed by atoms with Crippen LogP contribution in [0.2, 0.25) is 0 Å². The molecule has 4 rings (SSSR count). The lowest BCUT2D eigenvalue weighted by Crippen LogP contribution is -1.97. The van der Waals surface area contributed by atoms with Crippen LogP contribution < -0.4 is 0 Å². The van der Waals surface area contributed by atoms with Crippen molar-refractivity contribution in [3.63, 3.8) is 0 Å². The summed E-state index contributed by atoms with van der Waals surface area (Å²) in [6.07, 6.45) is 4.11. The van der Waals surface area contributed by atoms with Crippen molar-refractivity contribution in [2.24, 2.45) is 0 Å². The molecule has 0 radical (unpaired) electrons. The number of fused-ring (bicyclic) bond motifs is 1. The molecule has 94 valence electrons. The van der Waals surface area contributed by atoms with Crippen LogP contribution in [0, 0.1) is 5.82 Å². The third-order valence-electron chi connectivity index (χ3n) is 3.63. The molecule has 0 spiro atoms. The van der Waals surface area contributed by atoms with Gasteiger partial charge in [0.2, 0.25) is 0 Å². The van der Waals surface area contributed by atoms with E-state index in [0.717, 1.165) is 16.8 Å². The predicted molar refractivity (Wildman–Crippen MR) is 71.2 cm³/mol. The monoisotopic (exact) mass is 253 g/mol. The van der Waals surface area contributed by atoms with Gasteiger partial charge < -0.3 is 4.57 Å². The highest BCUT2D eigenvalue weighted by molar-refractivity contribution is 5.95. The van der Waals surface area contributed by atoms with Crippen molar-refractivity contribution in [2.45, 2.75) is 18.9 Å². The van der Waals surface area contributed by atoms with Crippen molar-refractivity contribution in [1.82, 2.24) is 14.8 Å². The van der Waals surface area contributed by atoms with Gasteiger partial charge in [0.05, 0.1) is 0 Å². The van der Waals surface area contributed by atoms with Gasteiger partial charge >= 0.3 is 0 Å². The SMILES string of the molecule is Fc1ccc(-c2nncn2C2CC2)c2ccccc12. The van der Waals surface area contributed by atoms with E-state index in [1.165, 1.54) is 18.9 Å². The minimum atomic E-state index is -0.197. The first-order chi connectivity index (χ1) is 9.34. The van der Waals surface area contributed by atoms with Gasteiger partial charge in [-0.25, -0.2) is 4.39 Å². The average molecular weight is 253 g/mol. The van der Waals surface area contributed by atoms with E-state index in [4.69, 9.17) is 0 Å². The fourth-order valence-electron chi connectivity index (χ4n) is 2.51. The van der Waals surface area contributed by atoms with Crippen LogP contribution >= 0.6 is 0 Å². The Morgan fingerprint density at radius 3 is 2.63 bits per heavy atom. The van der Waals surface area contributed by atoms with E-state index in [-0.39, 0.29) is 5.82 Å². The van der Waals surface area contributed by atoms with Crippen molar-refractivity contribution in [3.8, 4) is 11.4 Å². The Morgan fingerprint density at radius 1 is 1.05 bits per heavy atom. The molecule has 3 nitrogen and oxygen atoms in total. The number of aromatic nitrogens is 3. The largest absolute Gasteiger partial charge is 0.310 e. The van der Waals surface area contributed by atoms with Gasteiger partial charge in [0, 0.05) is 17.0 Å². The molecular weight excluding hydrogens is 241 g/mol. The Bertz CT molecular complexity index is 759. The molecule has 4 heteroatoms. The maximum absolute atomic E-state index is 13.8. The van der Waals surface area contributed by atoms with Gasteiger partial charge in [-0.15, -0.1) is 10.2 Å². The molecule has 2 aromatic carbocycles. The van der Waals surface area contributed by atoms with Gasteiger partial charge in [0.25, 0.3) is 0 Å². The molecule has 0 bridgehead atoms. The van der Waals surface area contributed by atoms with Crippen LogP contribution in [0.4, 0.5) is 4.39 Å². The fourth-order valence-corrected chi connectivity index (χ4v) is 2.51. The molecule has 0 unspecified atom stereocenters. The Morgan fingerprint density at radius 2 is 1.84 bits per heavy atom. The summed E-state index contributed by atoms with van der Waals surface area (Å²) in [5.74, 6) is 0.635. The Kier molecular flexibility index (Phi) is 2.18. The van der Waals surface area contributed by atoms with E-state index in [9.17, 15) is 4.39 Å². The molecule has 3 aromatic rings. The summed E-state index contributed by atoms with van der Waals surface area (Å²) < 4.78 is 15.9. The third-order valence-corrected chi connectivity index (χ3v) is 3.63. The quantitative estimate of drug-likeness (QED) is 0.699. The highest BCUT2D eigenvalue weighted by Gasteiger charge is 2.27. The number of hydrogen-bond acceptors (Lipinski definition) is 2. The van der Waals surface area contributed by atoms with Gasteiger partial charge in [0.1, 0.15) is 12.1 Å². The van der Waals surface area contributed by atoms with Crippen LogP contribution in [0.5, 0.6) is 0 Å². The van der Waals surface area contributed by atoms with Crippen LogP contribution in [0.3, 0.4) is 0 Å². The van der Waals surface area contributed by atoms with Crippen LogP contribution in [0.25, 0.3) is 22.2 Å². The van der Waals surface area contributed by atoms with E-state index < -0.39 is 0 Å². The summed E-state index contributed by atoms with van der Waals surface area (Å²) in [5.41, 5.74) is 0.946. The fraction of sp³-hybridized carbons (Fsp3) is 0.200. The van der Waals surface area contributed by atoms with Gasteiger partial charge in [-0.05, 0) is 30.4 Å². The zero-order valence-corrected chi connectivity index (χ0v) is 10.3. The number of hydrogen-bond donors (Lipinski definition) is 0. The van der Waals surface area contributed by atoms with E-state index in [1.54, 1.807) is 18.5 Å². The van der Waals surface area contributed by atoms with Crippen LogP contribution in [-0.4, -0.2) is 14.8 Å². The predicted octanol–water partition coefficient (Wildman–Crippen LogP) is 3.57. The molecule has 0 amide bonds. The van der Waals surface area contributed by atoms with Crippen molar-refractivity contribution in [1.29, 1.82) is 0 Å². The highest BCUT2D eigenvalue weighted by atomic mass is 19.1. The smallest absolute Gasteiger partial charge is 0.164 e. The Hall–Kier alpha value is -2.23. The lowest BCUT2D eigenvalue weighted by molar-refractivity contribution is 0.640. The van der Waals surface area contributed by atoms with Gasteiger partial charge in [-0.3, -0.25) is 0 Å². The third kappa shape index (κ3) is 1.63. The number of halogens is 1. The molecule has 0 N–H and O–H groups in total.